The number of nitrogens with two attached hydrogens (primary N) is 1. The van der Waals surface area contributed by atoms with E-state index in [0.717, 1.165) is 12.2 Å². The quantitative estimate of drug-likeness (QED) is 0.758. The summed E-state index contributed by atoms with van der Waals surface area (Å²) in [5, 5.41) is 0. The van der Waals surface area contributed by atoms with E-state index < -0.39 is 0 Å². The van der Waals surface area contributed by atoms with Crippen molar-refractivity contribution < 1.29 is 13.9 Å². The molecular weight excluding hydrogens is 282 g/mol. The molecule has 0 saturated heterocycles. The average Bonchev–Trinajstić information content (AvgIpc) is 2.56. The zero-order valence-corrected chi connectivity index (χ0v) is 12.7. The van der Waals surface area contributed by atoms with E-state index in [-0.39, 0.29) is 17.7 Å². The number of rotatable bonds is 8. The Morgan fingerprint density at radius 2 is 1.86 bits per heavy atom. The number of benzene rings is 1. The predicted octanol–water partition coefficient (Wildman–Crippen LogP) is 2.51. The standard InChI is InChI=1S/C17H21NO4/c1-2-13-4-6-14(7-5-13)20-8-3-9-21-17-12-22-15(11-18)10-16(17)19/h4-7,10,12H,2-3,8-9,11,18H2,1H3. The molecule has 0 fully saturated rings. The molecular formula is C17H21NO4. The maximum Gasteiger partial charge on any atom is 0.227 e. The van der Waals surface area contributed by atoms with E-state index in [9.17, 15) is 4.79 Å². The third kappa shape index (κ3) is 4.63. The van der Waals surface area contributed by atoms with Gasteiger partial charge in [0.1, 0.15) is 17.8 Å². The van der Waals surface area contributed by atoms with E-state index in [2.05, 4.69) is 19.1 Å². The van der Waals surface area contributed by atoms with E-state index in [1.54, 1.807) is 0 Å². The fourth-order valence-electron chi connectivity index (χ4n) is 1.90. The molecule has 0 amide bonds. The van der Waals surface area contributed by atoms with Gasteiger partial charge in [0, 0.05) is 12.5 Å². The lowest BCUT2D eigenvalue weighted by Gasteiger charge is -2.08. The Labute approximate surface area is 129 Å². The zero-order chi connectivity index (χ0) is 15.8. The van der Waals surface area contributed by atoms with Crippen LogP contribution in [0.25, 0.3) is 0 Å². The minimum Gasteiger partial charge on any atom is -0.493 e. The van der Waals surface area contributed by atoms with Crippen molar-refractivity contribution in [3.05, 3.63) is 58.1 Å². The fraction of sp³-hybridized carbons (Fsp3) is 0.353. The SMILES string of the molecule is CCc1ccc(OCCCOc2coc(CN)cc2=O)cc1. The summed E-state index contributed by atoms with van der Waals surface area (Å²) in [5.41, 5.74) is 6.45. The van der Waals surface area contributed by atoms with Crippen LogP contribution < -0.4 is 20.6 Å². The molecule has 5 nitrogen and oxygen atoms in total. The van der Waals surface area contributed by atoms with Gasteiger partial charge in [-0.15, -0.1) is 0 Å². The molecule has 0 radical (unpaired) electrons. The van der Waals surface area contributed by atoms with E-state index in [0.29, 0.717) is 25.4 Å². The maximum atomic E-state index is 11.7. The molecule has 0 unspecified atom stereocenters. The van der Waals surface area contributed by atoms with Crippen molar-refractivity contribution in [2.75, 3.05) is 13.2 Å². The van der Waals surface area contributed by atoms with Crippen LogP contribution in [0.4, 0.5) is 0 Å². The summed E-state index contributed by atoms with van der Waals surface area (Å²) in [5.74, 6) is 1.48. The Balaban J connectivity index is 1.71. The molecule has 0 aliphatic heterocycles. The largest absolute Gasteiger partial charge is 0.493 e. The lowest BCUT2D eigenvalue weighted by Crippen LogP contribution is -2.12. The normalized spacial score (nSPS) is 10.5. The van der Waals surface area contributed by atoms with Gasteiger partial charge < -0.3 is 19.6 Å². The van der Waals surface area contributed by atoms with Crippen molar-refractivity contribution in [2.24, 2.45) is 5.73 Å². The summed E-state index contributed by atoms with van der Waals surface area (Å²) in [6.07, 6.45) is 2.99. The highest BCUT2D eigenvalue weighted by Gasteiger charge is 2.03. The average molecular weight is 303 g/mol. The van der Waals surface area contributed by atoms with Gasteiger partial charge in [0.15, 0.2) is 0 Å². The van der Waals surface area contributed by atoms with Crippen LogP contribution in [-0.2, 0) is 13.0 Å². The molecule has 1 aromatic carbocycles. The molecule has 2 N–H and O–H groups in total. The Hall–Kier alpha value is -2.27. The monoisotopic (exact) mass is 303 g/mol. The van der Waals surface area contributed by atoms with Crippen LogP contribution in [0.5, 0.6) is 11.5 Å². The molecule has 0 atom stereocenters. The van der Waals surface area contributed by atoms with Crippen LogP contribution in [0.2, 0.25) is 0 Å². The Morgan fingerprint density at radius 3 is 2.50 bits per heavy atom. The van der Waals surface area contributed by atoms with Gasteiger partial charge in [0.25, 0.3) is 0 Å². The van der Waals surface area contributed by atoms with Gasteiger partial charge in [-0.3, -0.25) is 4.79 Å². The molecule has 2 aromatic rings. The van der Waals surface area contributed by atoms with Gasteiger partial charge in [-0.2, -0.15) is 0 Å². The lowest BCUT2D eigenvalue weighted by molar-refractivity contribution is 0.241. The summed E-state index contributed by atoms with van der Waals surface area (Å²) in [7, 11) is 0. The predicted molar refractivity (Wildman–Crippen MR) is 84.3 cm³/mol. The minimum atomic E-state index is -0.220. The Kier molecular flexibility index (Phi) is 6.03. The lowest BCUT2D eigenvalue weighted by atomic mass is 10.2. The highest BCUT2D eigenvalue weighted by atomic mass is 16.5. The Morgan fingerprint density at radius 1 is 1.14 bits per heavy atom. The van der Waals surface area contributed by atoms with Crippen molar-refractivity contribution in [3.63, 3.8) is 0 Å². The van der Waals surface area contributed by atoms with Crippen LogP contribution in [0.1, 0.15) is 24.7 Å². The van der Waals surface area contributed by atoms with Crippen LogP contribution in [0.3, 0.4) is 0 Å². The molecule has 0 saturated carbocycles. The van der Waals surface area contributed by atoms with Crippen LogP contribution in [0.15, 0.2) is 45.8 Å². The first-order chi connectivity index (χ1) is 10.7. The first kappa shape index (κ1) is 16.1. The van der Waals surface area contributed by atoms with Crippen molar-refractivity contribution in [3.8, 4) is 11.5 Å². The van der Waals surface area contributed by atoms with Gasteiger partial charge in [0.05, 0.1) is 19.8 Å². The zero-order valence-electron chi connectivity index (χ0n) is 12.7. The second-order valence-electron chi connectivity index (χ2n) is 4.83. The number of hydrogen-bond donors (Lipinski definition) is 1. The highest BCUT2D eigenvalue weighted by molar-refractivity contribution is 5.27. The van der Waals surface area contributed by atoms with Crippen molar-refractivity contribution in [1.29, 1.82) is 0 Å². The van der Waals surface area contributed by atoms with E-state index in [4.69, 9.17) is 19.6 Å². The van der Waals surface area contributed by atoms with E-state index >= 15 is 0 Å². The second kappa shape index (κ2) is 8.24. The van der Waals surface area contributed by atoms with Gasteiger partial charge in [-0.1, -0.05) is 19.1 Å². The second-order valence-corrected chi connectivity index (χ2v) is 4.83. The summed E-state index contributed by atoms with van der Waals surface area (Å²) in [6.45, 7) is 3.22. The van der Waals surface area contributed by atoms with Crippen LogP contribution in [0, 0.1) is 0 Å². The highest BCUT2D eigenvalue weighted by Crippen LogP contribution is 2.13. The van der Waals surface area contributed by atoms with Crippen LogP contribution in [-0.4, -0.2) is 13.2 Å². The van der Waals surface area contributed by atoms with Crippen molar-refractivity contribution in [2.45, 2.75) is 26.3 Å². The molecule has 0 bridgehead atoms. The summed E-state index contributed by atoms with van der Waals surface area (Å²) < 4.78 is 16.2. The van der Waals surface area contributed by atoms with Gasteiger partial charge >= 0.3 is 0 Å². The van der Waals surface area contributed by atoms with Gasteiger partial charge in [-0.05, 0) is 24.1 Å². The molecule has 2 rings (SSSR count). The molecule has 0 aliphatic rings. The fourth-order valence-corrected chi connectivity index (χ4v) is 1.90. The summed E-state index contributed by atoms with van der Waals surface area (Å²) in [4.78, 5) is 11.7. The molecule has 1 aromatic heterocycles. The molecule has 5 heteroatoms. The smallest absolute Gasteiger partial charge is 0.227 e. The molecule has 118 valence electrons. The maximum absolute atomic E-state index is 11.7. The van der Waals surface area contributed by atoms with Crippen molar-refractivity contribution in [1.82, 2.24) is 0 Å². The third-order valence-corrected chi connectivity index (χ3v) is 3.20. The Bertz CT molecular complexity index is 634. The summed E-state index contributed by atoms with van der Waals surface area (Å²) in [6, 6.07) is 9.37. The van der Waals surface area contributed by atoms with E-state index in [1.807, 2.05) is 12.1 Å². The van der Waals surface area contributed by atoms with Crippen LogP contribution >= 0.6 is 0 Å². The third-order valence-electron chi connectivity index (χ3n) is 3.20. The topological polar surface area (TPSA) is 74.7 Å². The number of hydrogen-bond acceptors (Lipinski definition) is 5. The van der Waals surface area contributed by atoms with Crippen molar-refractivity contribution >= 4 is 0 Å². The number of ether oxygens (including phenoxy) is 2. The first-order valence-electron chi connectivity index (χ1n) is 7.39. The first-order valence-corrected chi connectivity index (χ1v) is 7.39. The molecule has 0 spiro atoms. The van der Waals surface area contributed by atoms with Gasteiger partial charge in [0.2, 0.25) is 11.2 Å². The number of aryl methyl sites for hydroxylation is 1. The summed E-state index contributed by atoms with van der Waals surface area (Å²) >= 11 is 0. The molecule has 1 heterocycles. The van der Waals surface area contributed by atoms with Gasteiger partial charge in [-0.25, -0.2) is 0 Å². The van der Waals surface area contributed by atoms with E-state index in [1.165, 1.54) is 17.9 Å². The minimum absolute atomic E-state index is 0.195. The molecule has 0 aliphatic carbocycles. The molecule has 22 heavy (non-hydrogen) atoms.